The molecule has 1 aliphatic heterocycles. The topological polar surface area (TPSA) is 63.1 Å². The molecule has 1 aromatic carbocycles. The molecule has 1 aromatic rings. The number of benzene rings is 1. The van der Waals surface area contributed by atoms with Crippen LogP contribution in [0.15, 0.2) is 34.5 Å². The molecule has 2 rings (SSSR count). The van der Waals surface area contributed by atoms with Crippen LogP contribution in [0.1, 0.15) is 5.56 Å². The lowest BCUT2D eigenvalue weighted by molar-refractivity contribution is -0.116. The molecule has 1 saturated heterocycles. The second kappa shape index (κ2) is 5.49. The zero-order valence-corrected chi connectivity index (χ0v) is 10.0. The number of thioether (sulfide) groups is 1. The molecule has 0 aliphatic carbocycles. The van der Waals surface area contributed by atoms with E-state index < -0.39 is 0 Å². The van der Waals surface area contributed by atoms with Crippen LogP contribution in [0.2, 0.25) is 0 Å². The molecule has 0 atom stereocenters. The monoisotopic (exact) mass is 249 g/mol. The van der Waals surface area contributed by atoms with E-state index in [2.05, 4.69) is 15.5 Å². The number of hydrogen-bond acceptors (Lipinski definition) is 5. The highest BCUT2D eigenvalue weighted by molar-refractivity contribution is 8.15. The number of nitrogens with one attached hydrogen (secondary N) is 1. The average Bonchev–Trinajstić information content (AvgIpc) is 2.75. The molecular weight excluding hydrogens is 238 g/mol. The molecule has 0 saturated carbocycles. The van der Waals surface area contributed by atoms with Gasteiger partial charge in [-0.05, 0) is 17.7 Å². The molecule has 1 aliphatic rings. The zero-order valence-electron chi connectivity index (χ0n) is 9.21. The summed E-state index contributed by atoms with van der Waals surface area (Å²) in [6, 6.07) is 7.48. The molecule has 88 valence electrons. The molecule has 1 heterocycles. The van der Waals surface area contributed by atoms with Crippen molar-refractivity contribution in [2.24, 2.45) is 10.2 Å². The molecule has 1 amide bonds. The fourth-order valence-corrected chi connectivity index (χ4v) is 1.88. The Hall–Kier alpha value is -1.82. The van der Waals surface area contributed by atoms with Gasteiger partial charge in [-0.1, -0.05) is 23.9 Å². The summed E-state index contributed by atoms with van der Waals surface area (Å²) >= 11 is 1.34. The van der Waals surface area contributed by atoms with Gasteiger partial charge in [-0.3, -0.25) is 4.79 Å². The van der Waals surface area contributed by atoms with E-state index in [1.54, 1.807) is 13.3 Å². The van der Waals surface area contributed by atoms with Crippen LogP contribution in [-0.4, -0.2) is 30.2 Å². The highest BCUT2D eigenvalue weighted by Crippen LogP contribution is 2.11. The van der Waals surface area contributed by atoms with Crippen molar-refractivity contribution in [3.8, 4) is 5.75 Å². The van der Waals surface area contributed by atoms with Crippen LogP contribution in [-0.2, 0) is 4.79 Å². The lowest BCUT2D eigenvalue weighted by Crippen LogP contribution is -2.19. The lowest BCUT2D eigenvalue weighted by atomic mass is 10.2. The van der Waals surface area contributed by atoms with Crippen LogP contribution in [0.3, 0.4) is 0 Å². The van der Waals surface area contributed by atoms with E-state index in [1.165, 1.54) is 11.8 Å². The number of carbonyl (C=O) groups is 1. The Balaban J connectivity index is 2.02. The van der Waals surface area contributed by atoms with Crippen molar-refractivity contribution in [1.29, 1.82) is 0 Å². The van der Waals surface area contributed by atoms with Gasteiger partial charge < -0.3 is 10.1 Å². The second-order valence-electron chi connectivity index (χ2n) is 3.26. The maximum atomic E-state index is 10.9. The predicted molar refractivity (Wildman–Crippen MR) is 68.6 cm³/mol. The zero-order chi connectivity index (χ0) is 12.1. The molecule has 0 spiro atoms. The summed E-state index contributed by atoms with van der Waals surface area (Å²) in [6.07, 6.45) is 1.61. The molecular formula is C11H11N3O2S. The summed E-state index contributed by atoms with van der Waals surface area (Å²) in [4.78, 5) is 10.9. The molecule has 1 N–H and O–H groups in total. The number of amidine groups is 1. The van der Waals surface area contributed by atoms with Gasteiger partial charge in [-0.2, -0.15) is 5.10 Å². The fourth-order valence-electron chi connectivity index (χ4n) is 1.25. The Morgan fingerprint density at radius 2 is 2.41 bits per heavy atom. The Kier molecular flexibility index (Phi) is 3.77. The smallest absolute Gasteiger partial charge is 0.236 e. The molecule has 1 fully saturated rings. The van der Waals surface area contributed by atoms with Gasteiger partial charge in [0.1, 0.15) is 5.75 Å². The van der Waals surface area contributed by atoms with E-state index >= 15 is 0 Å². The van der Waals surface area contributed by atoms with E-state index in [4.69, 9.17) is 4.74 Å². The lowest BCUT2D eigenvalue weighted by Gasteiger charge is -1.98. The molecule has 5 nitrogen and oxygen atoms in total. The first-order chi connectivity index (χ1) is 8.28. The van der Waals surface area contributed by atoms with Crippen molar-refractivity contribution < 1.29 is 9.53 Å². The predicted octanol–water partition coefficient (Wildman–Crippen LogP) is 1.25. The molecule has 0 bridgehead atoms. The maximum Gasteiger partial charge on any atom is 0.236 e. The molecule has 6 heteroatoms. The average molecular weight is 249 g/mol. The Bertz CT molecular complexity index is 485. The molecule has 0 aromatic heterocycles. The maximum absolute atomic E-state index is 10.9. The normalized spacial score (nSPS) is 17.7. The fraction of sp³-hybridized carbons (Fsp3) is 0.182. The second-order valence-corrected chi connectivity index (χ2v) is 4.23. The van der Waals surface area contributed by atoms with E-state index in [1.807, 2.05) is 24.3 Å². The van der Waals surface area contributed by atoms with Gasteiger partial charge in [0.05, 0.1) is 19.1 Å². The van der Waals surface area contributed by atoms with Crippen molar-refractivity contribution in [2.45, 2.75) is 0 Å². The minimum Gasteiger partial charge on any atom is -0.497 e. The summed E-state index contributed by atoms with van der Waals surface area (Å²) in [5.41, 5.74) is 0.892. The summed E-state index contributed by atoms with van der Waals surface area (Å²) in [7, 11) is 1.61. The number of hydrogen-bond donors (Lipinski definition) is 1. The van der Waals surface area contributed by atoms with Crippen LogP contribution < -0.4 is 10.1 Å². The van der Waals surface area contributed by atoms with Gasteiger partial charge in [0, 0.05) is 0 Å². The van der Waals surface area contributed by atoms with Crippen molar-refractivity contribution in [3.05, 3.63) is 29.8 Å². The number of rotatable bonds is 3. The number of methoxy groups -OCH3 is 1. The third kappa shape index (κ3) is 3.32. The van der Waals surface area contributed by atoms with Crippen LogP contribution in [0.4, 0.5) is 0 Å². The highest BCUT2D eigenvalue weighted by atomic mass is 32.2. The summed E-state index contributed by atoms with van der Waals surface area (Å²) in [5.74, 6) is 1.14. The minimum absolute atomic E-state index is 0.0367. The summed E-state index contributed by atoms with van der Waals surface area (Å²) in [5, 5.41) is 10.9. The SMILES string of the molecule is COc1cccc(/C=N/N=C2/NC(=O)CS2)c1. The van der Waals surface area contributed by atoms with Gasteiger partial charge >= 0.3 is 0 Å². The first-order valence-electron chi connectivity index (χ1n) is 4.95. The minimum atomic E-state index is -0.0367. The van der Waals surface area contributed by atoms with Gasteiger partial charge in [-0.25, -0.2) is 0 Å². The molecule has 0 unspecified atom stereocenters. The third-order valence-corrected chi connectivity index (χ3v) is 2.90. The Labute approximate surface area is 103 Å². The van der Waals surface area contributed by atoms with Crippen LogP contribution in [0, 0.1) is 0 Å². The summed E-state index contributed by atoms with van der Waals surface area (Å²) < 4.78 is 5.09. The van der Waals surface area contributed by atoms with Crippen molar-refractivity contribution >= 4 is 29.1 Å². The van der Waals surface area contributed by atoms with Crippen LogP contribution in [0.25, 0.3) is 0 Å². The van der Waals surface area contributed by atoms with Gasteiger partial charge in [0.15, 0.2) is 5.17 Å². The van der Waals surface area contributed by atoms with E-state index in [0.717, 1.165) is 11.3 Å². The number of carbonyl (C=O) groups excluding carboxylic acids is 1. The standard InChI is InChI=1S/C11H11N3O2S/c1-16-9-4-2-3-8(5-9)6-12-14-11-13-10(15)7-17-11/h2-6H,7H2,1H3,(H,13,14,15)/b12-6+. The van der Waals surface area contributed by atoms with Gasteiger partial charge in [-0.15, -0.1) is 5.10 Å². The van der Waals surface area contributed by atoms with Crippen LogP contribution in [0.5, 0.6) is 5.75 Å². The quantitative estimate of drug-likeness (QED) is 0.647. The van der Waals surface area contributed by atoms with Gasteiger partial charge in [0.2, 0.25) is 5.91 Å². The van der Waals surface area contributed by atoms with E-state index in [-0.39, 0.29) is 5.91 Å². The molecule has 0 radical (unpaired) electrons. The Morgan fingerprint density at radius 1 is 1.53 bits per heavy atom. The largest absolute Gasteiger partial charge is 0.497 e. The number of nitrogens with zero attached hydrogens (tertiary/aromatic N) is 2. The molecule has 17 heavy (non-hydrogen) atoms. The van der Waals surface area contributed by atoms with Crippen molar-refractivity contribution in [2.75, 3.05) is 12.9 Å². The summed E-state index contributed by atoms with van der Waals surface area (Å²) in [6.45, 7) is 0. The first-order valence-corrected chi connectivity index (χ1v) is 5.94. The third-order valence-electron chi connectivity index (χ3n) is 2.04. The van der Waals surface area contributed by atoms with Gasteiger partial charge in [0.25, 0.3) is 0 Å². The first kappa shape index (κ1) is 11.7. The van der Waals surface area contributed by atoms with Crippen molar-refractivity contribution in [1.82, 2.24) is 5.32 Å². The van der Waals surface area contributed by atoms with E-state index in [9.17, 15) is 4.79 Å². The van der Waals surface area contributed by atoms with Crippen molar-refractivity contribution in [3.63, 3.8) is 0 Å². The van der Waals surface area contributed by atoms with Crippen LogP contribution >= 0.6 is 11.8 Å². The highest BCUT2D eigenvalue weighted by Gasteiger charge is 2.15. The number of amides is 1. The van der Waals surface area contributed by atoms with E-state index in [0.29, 0.717) is 10.9 Å². The number of ether oxygens (including phenoxy) is 1. The Morgan fingerprint density at radius 3 is 3.12 bits per heavy atom.